The van der Waals surface area contributed by atoms with Gasteiger partial charge in [-0.05, 0) is 30.3 Å². The Balaban J connectivity index is 2.44. The molecule has 0 spiro atoms. The summed E-state index contributed by atoms with van der Waals surface area (Å²) in [6.45, 7) is 0. The van der Waals surface area contributed by atoms with Gasteiger partial charge < -0.3 is 5.11 Å². The number of carbonyl (C=O) groups excluding carboxylic acids is 2. The number of hydrogen-bond acceptors (Lipinski definition) is 7. The molecule has 3 N–H and O–H groups in total. The average molecular weight is 412 g/mol. The summed E-state index contributed by atoms with van der Waals surface area (Å²) in [5.74, 6) is -3.85. The highest BCUT2D eigenvalue weighted by Crippen LogP contribution is 2.34. The van der Waals surface area contributed by atoms with Crippen LogP contribution in [-0.2, 0) is 20.2 Å². The molecule has 27 heavy (non-hydrogen) atoms. The molecule has 0 atom stereocenters. The molecule has 1 aliphatic rings. The van der Waals surface area contributed by atoms with Crippen molar-refractivity contribution in [3.8, 4) is 0 Å². The minimum atomic E-state index is -5.24. The molecule has 0 radical (unpaired) electrons. The lowest BCUT2D eigenvalue weighted by molar-refractivity contribution is 0.0691. The maximum Gasteiger partial charge on any atom is 0.337 e. The molecule has 0 aliphatic heterocycles. The summed E-state index contributed by atoms with van der Waals surface area (Å²) in [7, 11) is -9.98. The van der Waals surface area contributed by atoms with Crippen LogP contribution < -0.4 is 0 Å². The van der Waals surface area contributed by atoms with Crippen molar-refractivity contribution in [1.29, 1.82) is 0 Å². The molecule has 0 unspecified atom stereocenters. The predicted molar refractivity (Wildman–Crippen MR) is 86.3 cm³/mol. The van der Waals surface area contributed by atoms with Crippen molar-refractivity contribution in [1.82, 2.24) is 0 Å². The standard InChI is InChI=1S/C15H8O10S2/c16-12-7-2-1-6(26(20,21)22)5-10(7)13(17)11-8(12)3-4-9(15(18)19)14(11)27(23,24)25/h1-5H,(H,18,19)(H,20,21,22)(H,23,24,25). The molecule has 0 saturated carbocycles. The lowest BCUT2D eigenvalue weighted by Crippen LogP contribution is -2.26. The van der Waals surface area contributed by atoms with Crippen LogP contribution >= 0.6 is 0 Å². The summed E-state index contributed by atoms with van der Waals surface area (Å²) in [5, 5.41) is 9.14. The predicted octanol–water partition coefficient (Wildman–Crippen LogP) is 0.654. The fourth-order valence-corrected chi connectivity index (χ4v) is 4.18. The van der Waals surface area contributed by atoms with E-state index in [-0.39, 0.29) is 5.56 Å². The van der Waals surface area contributed by atoms with E-state index in [0.717, 1.165) is 24.3 Å². The SMILES string of the molecule is O=C1c2ccc(S(=O)(=O)O)cc2C(=O)c2c1ccc(C(=O)O)c2S(=O)(=O)O. The van der Waals surface area contributed by atoms with Crippen LogP contribution in [0.4, 0.5) is 0 Å². The van der Waals surface area contributed by atoms with Crippen LogP contribution in [0.3, 0.4) is 0 Å². The molecule has 3 rings (SSSR count). The van der Waals surface area contributed by atoms with Gasteiger partial charge >= 0.3 is 5.97 Å². The Labute approximate surface area is 151 Å². The van der Waals surface area contributed by atoms with Crippen LogP contribution in [0, 0.1) is 0 Å². The molecule has 10 nitrogen and oxygen atoms in total. The van der Waals surface area contributed by atoms with Gasteiger partial charge in [0.2, 0.25) is 0 Å². The smallest absolute Gasteiger partial charge is 0.337 e. The van der Waals surface area contributed by atoms with Crippen LogP contribution in [0.2, 0.25) is 0 Å². The van der Waals surface area contributed by atoms with E-state index in [2.05, 4.69) is 0 Å². The zero-order valence-corrected chi connectivity index (χ0v) is 14.5. The number of fused-ring (bicyclic) bond motifs is 2. The van der Waals surface area contributed by atoms with Crippen LogP contribution in [0.5, 0.6) is 0 Å². The Morgan fingerprint density at radius 3 is 1.89 bits per heavy atom. The number of carboxylic acid groups (broad SMARTS) is 1. The van der Waals surface area contributed by atoms with Crippen LogP contribution in [0.1, 0.15) is 42.2 Å². The van der Waals surface area contributed by atoms with Crippen LogP contribution in [0.15, 0.2) is 40.1 Å². The van der Waals surface area contributed by atoms with E-state index in [1.807, 2.05) is 0 Å². The van der Waals surface area contributed by atoms with Gasteiger partial charge in [-0.3, -0.25) is 18.7 Å². The van der Waals surface area contributed by atoms with Crippen LogP contribution in [-0.4, -0.2) is 48.6 Å². The number of carbonyl (C=O) groups is 3. The molecule has 1 aliphatic carbocycles. The third-order valence-electron chi connectivity index (χ3n) is 3.90. The number of ketones is 2. The molecule has 0 saturated heterocycles. The molecule has 2 aromatic rings. The van der Waals surface area contributed by atoms with Crippen molar-refractivity contribution in [2.75, 3.05) is 0 Å². The molecule has 0 aromatic heterocycles. The molecule has 140 valence electrons. The lowest BCUT2D eigenvalue weighted by Gasteiger charge is -2.20. The highest BCUT2D eigenvalue weighted by atomic mass is 32.2. The Kier molecular flexibility index (Phi) is 4.04. The second kappa shape index (κ2) is 5.79. The summed E-state index contributed by atoms with van der Waals surface area (Å²) in [5.41, 5.74) is -3.13. The molecule has 0 amide bonds. The number of rotatable bonds is 3. The zero-order valence-electron chi connectivity index (χ0n) is 12.9. The van der Waals surface area contributed by atoms with Crippen molar-refractivity contribution >= 4 is 37.8 Å². The van der Waals surface area contributed by atoms with Gasteiger partial charge in [-0.15, -0.1) is 0 Å². The van der Waals surface area contributed by atoms with Gasteiger partial charge in [0.15, 0.2) is 11.6 Å². The summed E-state index contributed by atoms with van der Waals surface area (Å²) in [4.78, 5) is 34.7. The number of benzene rings is 2. The average Bonchev–Trinajstić information content (AvgIpc) is 2.56. The van der Waals surface area contributed by atoms with E-state index < -0.39 is 69.8 Å². The zero-order chi connectivity index (χ0) is 20.3. The molecule has 0 bridgehead atoms. The van der Waals surface area contributed by atoms with Gasteiger partial charge in [-0.2, -0.15) is 16.8 Å². The molecule has 0 heterocycles. The first-order valence-electron chi connectivity index (χ1n) is 6.92. The van der Waals surface area contributed by atoms with E-state index in [1.54, 1.807) is 0 Å². The normalized spacial score (nSPS) is 13.9. The molecule has 0 fully saturated rings. The fraction of sp³-hybridized carbons (Fsp3) is 0. The van der Waals surface area contributed by atoms with Crippen molar-refractivity contribution in [3.63, 3.8) is 0 Å². The maximum atomic E-state index is 12.8. The third-order valence-corrected chi connectivity index (χ3v) is 5.69. The second-order valence-corrected chi connectivity index (χ2v) is 8.27. The monoisotopic (exact) mass is 412 g/mol. The highest BCUT2D eigenvalue weighted by molar-refractivity contribution is 7.86. The fourth-order valence-electron chi connectivity index (χ4n) is 2.78. The largest absolute Gasteiger partial charge is 0.478 e. The summed E-state index contributed by atoms with van der Waals surface area (Å²) >= 11 is 0. The Bertz CT molecular complexity index is 1270. The maximum absolute atomic E-state index is 12.8. The van der Waals surface area contributed by atoms with Gasteiger partial charge in [0.25, 0.3) is 20.2 Å². The van der Waals surface area contributed by atoms with Gasteiger partial charge in [0.1, 0.15) is 4.90 Å². The number of aromatic carboxylic acids is 1. The van der Waals surface area contributed by atoms with E-state index in [1.165, 1.54) is 0 Å². The van der Waals surface area contributed by atoms with Crippen molar-refractivity contribution < 1.29 is 45.4 Å². The summed E-state index contributed by atoms with van der Waals surface area (Å²) < 4.78 is 64.5. The second-order valence-electron chi connectivity index (χ2n) is 5.49. The van der Waals surface area contributed by atoms with E-state index in [9.17, 15) is 35.8 Å². The Morgan fingerprint density at radius 2 is 1.37 bits per heavy atom. The topological polar surface area (TPSA) is 180 Å². The summed E-state index contributed by atoms with van der Waals surface area (Å²) in [6, 6.07) is 4.18. The summed E-state index contributed by atoms with van der Waals surface area (Å²) in [6.07, 6.45) is 0. The van der Waals surface area contributed by atoms with Gasteiger partial charge in [-0.25, -0.2) is 4.79 Å². The quantitative estimate of drug-likeness (QED) is 0.517. The first kappa shape index (κ1) is 18.8. The first-order chi connectivity index (χ1) is 12.3. The van der Waals surface area contributed by atoms with Crippen molar-refractivity contribution in [2.24, 2.45) is 0 Å². The van der Waals surface area contributed by atoms with Gasteiger partial charge in [0, 0.05) is 16.7 Å². The van der Waals surface area contributed by atoms with Crippen LogP contribution in [0.25, 0.3) is 0 Å². The van der Waals surface area contributed by atoms with E-state index in [0.29, 0.717) is 6.07 Å². The first-order valence-corrected chi connectivity index (χ1v) is 9.80. The van der Waals surface area contributed by atoms with E-state index in [4.69, 9.17) is 9.66 Å². The van der Waals surface area contributed by atoms with Gasteiger partial charge in [0.05, 0.1) is 16.0 Å². The number of carboxylic acids is 1. The highest BCUT2D eigenvalue weighted by Gasteiger charge is 2.38. The lowest BCUT2D eigenvalue weighted by atomic mass is 9.83. The minimum Gasteiger partial charge on any atom is -0.478 e. The molecule has 12 heteroatoms. The molecule has 2 aromatic carbocycles. The Hall–Kier alpha value is -2.93. The Morgan fingerprint density at radius 1 is 0.778 bits per heavy atom. The third kappa shape index (κ3) is 2.94. The van der Waals surface area contributed by atoms with Crippen molar-refractivity contribution in [3.05, 3.63) is 58.1 Å². The molecular formula is C15H8O10S2. The minimum absolute atomic E-state index is 0.274. The van der Waals surface area contributed by atoms with Gasteiger partial charge in [-0.1, -0.05) is 0 Å². The van der Waals surface area contributed by atoms with Crippen molar-refractivity contribution in [2.45, 2.75) is 9.79 Å². The van der Waals surface area contributed by atoms with E-state index >= 15 is 0 Å². The molecular weight excluding hydrogens is 404 g/mol. The number of hydrogen-bond donors (Lipinski definition) is 3.